The predicted molar refractivity (Wildman–Crippen MR) is 82.3 cm³/mol. The van der Waals surface area contributed by atoms with Crippen LogP contribution >= 0.6 is 0 Å². The van der Waals surface area contributed by atoms with Crippen LogP contribution in [0.5, 0.6) is 0 Å². The molecule has 23 heavy (non-hydrogen) atoms. The summed E-state index contributed by atoms with van der Waals surface area (Å²) in [5.41, 5.74) is 0. The Morgan fingerprint density at radius 1 is 0.826 bits per heavy atom. The number of esters is 2. The molecule has 0 saturated heterocycles. The van der Waals surface area contributed by atoms with E-state index in [-0.39, 0.29) is 55.5 Å². The number of hydrogen-bond donors (Lipinski definition) is 2. The van der Waals surface area contributed by atoms with Crippen LogP contribution in [-0.4, -0.2) is 50.6 Å². The SMILES string of the molecule is COC(=O)CCCC(=O)NCC(C)NC(=O)CCCC(=O)OC. The summed E-state index contributed by atoms with van der Waals surface area (Å²) in [7, 11) is 2.61. The van der Waals surface area contributed by atoms with Crippen LogP contribution in [0.4, 0.5) is 0 Å². The first-order valence-corrected chi connectivity index (χ1v) is 7.58. The minimum Gasteiger partial charge on any atom is -0.469 e. The Bertz CT molecular complexity index is 411. The van der Waals surface area contributed by atoms with Crippen molar-refractivity contribution in [1.29, 1.82) is 0 Å². The van der Waals surface area contributed by atoms with Crippen LogP contribution in [0.2, 0.25) is 0 Å². The van der Waals surface area contributed by atoms with Gasteiger partial charge in [0, 0.05) is 38.3 Å². The summed E-state index contributed by atoms with van der Waals surface area (Å²) >= 11 is 0. The van der Waals surface area contributed by atoms with E-state index in [1.54, 1.807) is 6.92 Å². The molecule has 0 saturated carbocycles. The molecule has 0 bridgehead atoms. The first-order chi connectivity index (χ1) is 10.9. The van der Waals surface area contributed by atoms with E-state index in [1.165, 1.54) is 14.2 Å². The summed E-state index contributed by atoms with van der Waals surface area (Å²) in [6.07, 6.45) is 1.71. The van der Waals surface area contributed by atoms with Gasteiger partial charge in [0.05, 0.1) is 14.2 Å². The zero-order valence-corrected chi connectivity index (χ0v) is 14.0. The van der Waals surface area contributed by atoms with Crippen LogP contribution in [-0.2, 0) is 28.7 Å². The summed E-state index contributed by atoms with van der Waals surface area (Å²) in [4.78, 5) is 45.0. The van der Waals surface area contributed by atoms with Gasteiger partial charge in [0.25, 0.3) is 0 Å². The van der Waals surface area contributed by atoms with Gasteiger partial charge < -0.3 is 20.1 Å². The molecular formula is C15H26N2O6. The van der Waals surface area contributed by atoms with Crippen LogP contribution in [0, 0.1) is 0 Å². The third kappa shape index (κ3) is 12.1. The Balaban J connectivity index is 3.74. The number of ether oxygens (including phenoxy) is 2. The van der Waals surface area contributed by atoms with E-state index in [4.69, 9.17) is 0 Å². The summed E-state index contributed by atoms with van der Waals surface area (Å²) in [5.74, 6) is -1.04. The molecule has 0 heterocycles. The predicted octanol–water partition coefficient (Wildman–Crippen LogP) is 0.294. The van der Waals surface area contributed by atoms with Crippen molar-refractivity contribution in [1.82, 2.24) is 10.6 Å². The summed E-state index contributed by atoms with van der Waals surface area (Å²) in [5, 5.41) is 5.41. The first-order valence-electron chi connectivity index (χ1n) is 7.58. The minimum absolute atomic E-state index is 0.179. The van der Waals surface area contributed by atoms with Gasteiger partial charge in [0.15, 0.2) is 0 Å². The molecule has 0 aromatic heterocycles. The molecule has 0 rings (SSSR count). The third-order valence-corrected chi connectivity index (χ3v) is 3.04. The smallest absolute Gasteiger partial charge is 0.305 e. The highest BCUT2D eigenvalue weighted by Gasteiger charge is 2.10. The van der Waals surface area contributed by atoms with E-state index in [1.807, 2.05) is 0 Å². The molecule has 8 heteroatoms. The van der Waals surface area contributed by atoms with E-state index < -0.39 is 0 Å². The standard InChI is InChI=1S/C15H26N2O6/c1-11(17-13(19)7-5-9-15(21)23-3)10-16-12(18)6-4-8-14(20)22-2/h11H,4-10H2,1-3H3,(H,16,18)(H,17,19). The Morgan fingerprint density at radius 3 is 1.78 bits per heavy atom. The topological polar surface area (TPSA) is 111 Å². The van der Waals surface area contributed by atoms with Crippen LogP contribution in [0.25, 0.3) is 0 Å². The molecule has 8 nitrogen and oxygen atoms in total. The average molecular weight is 330 g/mol. The fourth-order valence-electron chi connectivity index (χ4n) is 1.74. The van der Waals surface area contributed by atoms with Gasteiger partial charge in [-0.1, -0.05) is 0 Å². The number of carbonyl (C=O) groups excluding carboxylic acids is 4. The molecular weight excluding hydrogens is 304 g/mol. The molecule has 0 fully saturated rings. The van der Waals surface area contributed by atoms with Crippen molar-refractivity contribution < 1.29 is 28.7 Å². The number of hydrogen-bond acceptors (Lipinski definition) is 6. The van der Waals surface area contributed by atoms with Gasteiger partial charge in [-0.3, -0.25) is 19.2 Å². The Morgan fingerprint density at radius 2 is 1.30 bits per heavy atom. The van der Waals surface area contributed by atoms with E-state index >= 15 is 0 Å². The quantitative estimate of drug-likeness (QED) is 0.527. The molecule has 0 spiro atoms. The molecule has 132 valence electrons. The highest BCUT2D eigenvalue weighted by Crippen LogP contribution is 1.99. The van der Waals surface area contributed by atoms with Gasteiger partial charge in [-0.15, -0.1) is 0 Å². The fraction of sp³-hybridized carbons (Fsp3) is 0.733. The maximum absolute atomic E-state index is 11.6. The maximum atomic E-state index is 11.6. The molecule has 0 aliphatic carbocycles. The van der Waals surface area contributed by atoms with Crippen molar-refractivity contribution >= 4 is 23.8 Å². The second-order valence-electron chi connectivity index (χ2n) is 5.13. The van der Waals surface area contributed by atoms with Gasteiger partial charge >= 0.3 is 11.9 Å². The van der Waals surface area contributed by atoms with Crippen molar-refractivity contribution in [3.63, 3.8) is 0 Å². The van der Waals surface area contributed by atoms with Crippen LogP contribution in [0.15, 0.2) is 0 Å². The largest absolute Gasteiger partial charge is 0.469 e. The highest BCUT2D eigenvalue weighted by molar-refractivity contribution is 5.78. The van der Waals surface area contributed by atoms with Crippen molar-refractivity contribution in [2.75, 3.05) is 20.8 Å². The van der Waals surface area contributed by atoms with Crippen molar-refractivity contribution in [3.8, 4) is 0 Å². The second-order valence-corrected chi connectivity index (χ2v) is 5.13. The normalized spacial score (nSPS) is 11.3. The average Bonchev–Trinajstić information content (AvgIpc) is 2.52. The highest BCUT2D eigenvalue weighted by atomic mass is 16.5. The van der Waals surface area contributed by atoms with Crippen LogP contribution < -0.4 is 10.6 Å². The maximum Gasteiger partial charge on any atom is 0.305 e. The lowest BCUT2D eigenvalue weighted by molar-refractivity contribution is -0.141. The molecule has 1 atom stereocenters. The van der Waals surface area contributed by atoms with Crippen molar-refractivity contribution in [2.24, 2.45) is 0 Å². The summed E-state index contributed by atoms with van der Waals surface area (Å²) < 4.78 is 8.97. The number of methoxy groups -OCH3 is 2. The summed E-state index contributed by atoms with van der Waals surface area (Å²) in [6.45, 7) is 2.08. The Hall–Kier alpha value is -2.12. The number of amides is 2. The Kier molecular flexibility index (Phi) is 11.3. The molecule has 0 aliphatic rings. The van der Waals surface area contributed by atoms with E-state index in [0.29, 0.717) is 19.4 Å². The number of nitrogens with one attached hydrogen (secondary N) is 2. The molecule has 2 N–H and O–H groups in total. The van der Waals surface area contributed by atoms with Crippen molar-refractivity contribution in [2.45, 2.75) is 51.5 Å². The van der Waals surface area contributed by atoms with Gasteiger partial charge in [0.2, 0.25) is 11.8 Å². The van der Waals surface area contributed by atoms with E-state index in [0.717, 1.165) is 0 Å². The van der Waals surface area contributed by atoms with Gasteiger partial charge in [-0.05, 0) is 19.8 Å². The van der Waals surface area contributed by atoms with E-state index in [2.05, 4.69) is 20.1 Å². The summed E-state index contributed by atoms with van der Waals surface area (Å²) in [6, 6.07) is -0.217. The first kappa shape index (κ1) is 20.9. The van der Waals surface area contributed by atoms with Gasteiger partial charge in [0.1, 0.15) is 0 Å². The number of carbonyl (C=O) groups is 4. The van der Waals surface area contributed by atoms with Crippen LogP contribution in [0.3, 0.4) is 0 Å². The monoisotopic (exact) mass is 330 g/mol. The fourth-order valence-corrected chi connectivity index (χ4v) is 1.74. The molecule has 0 radical (unpaired) electrons. The second kappa shape index (κ2) is 12.4. The molecule has 2 amide bonds. The van der Waals surface area contributed by atoms with E-state index in [9.17, 15) is 19.2 Å². The lowest BCUT2D eigenvalue weighted by Gasteiger charge is -2.14. The van der Waals surface area contributed by atoms with Gasteiger partial charge in [-0.25, -0.2) is 0 Å². The van der Waals surface area contributed by atoms with Crippen LogP contribution in [0.1, 0.15) is 45.4 Å². The zero-order chi connectivity index (χ0) is 17.7. The molecule has 0 aromatic carbocycles. The Labute approximate surface area is 136 Å². The lowest BCUT2D eigenvalue weighted by atomic mass is 10.2. The molecule has 0 aromatic rings. The third-order valence-electron chi connectivity index (χ3n) is 3.04. The molecule has 1 unspecified atom stereocenters. The zero-order valence-electron chi connectivity index (χ0n) is 14.0. The van der Waals surface area contributed by atoms with Gasteiger partial charge in [-0.2, -0.15) is 0 Å². The lowest BCUT2D eigenvalue weighted by Crippen LogP contribution is -2.41. The molecule has 0 aliphatic heterocycles. The van der Waals surface area contributed by atoms with Crippen molar-refractivity contribution in [3.05, 3.63) is 0 Å². The number of rotatable bonds is 11. The minimum atomic E-state index is -0.343.